The molecule has 1 fully saturated rings. The van der Waals surface area contributed by atoms with Crippen molar-refractivity contribution < 1.29 is 49.4 Å². The number of aliphatic hydroxyl groups excluding tert-OH is 4. The Bertz CT molecular complexity index is 995. The van der Waals surface area contributed by atoms with Crippen LogP contribution in [0.1, 0.15) is 50.2 Å². The number of rotatable bonds is 15. The van der Waals surface area contributed by atoms with Crippen LogP contribution < -0.4 is 10.6 Å². The molecule has 1 aliphatic heterocycles. The van der Waals surface area contributed by atoms with Gasteiger partial charge in [0.15, 0.2) is 0 Å². The van der Waals surface area contributed by atoms with Gasteiger partial charge in [-0.2, -0.15) is 0 Å². The van der Waals surface area contributed by atoms with Crippen LogP contribution in [0.2, 0.25) is 0 Å². The summed E-state index contributed by atoms with van der Waals surface area (Å²) in [6.07, 6.45) is 1.08. The number of carboxylic acid groups (broad SMARTS) is 1. The number of carbonyl (C=O) groups is 3. The van der Waals surface area contributed by atoms with E-state index >= 15 is 0 Å². The molecular formula is C27H38N2O10. The van der Waals surface area contributed by atoms with E-state index in [2.05, 4.69) is 16.6 Å². The van der Waals surface area contributed by atoms with E-state index in [1.807, 2.05) is 6.92 Å². The molecule has 0 aliphatic carbocycles. The average molecular weight is 551 g/mol. The Hall–Kier alpha value is -3.05. The maximum absolute atomic E-state index is 12.4. The molecule has 1 saturated heterocycles. The van der Waals surface area contributed by atoms with Crippen LogP contribution in [0.15, 0.2) is 24.3 Å². The number of hydrogen-bond donors (Lipinski definition) is 7. The second-order valence-electron chi connectivity index (χ2n) is 9.45. The van der Waals surface area contributed by atoms with Crippen LogP contribution in [-0.4, -0.2) is 99.3 Å². The fourth-order valence-electron chi connectivity index (χ4n) is 4.24. The first kappa shape index (κ1) is 32.2. The zero-order valence-corrected chi connectivity index (χ0v) is 21.9. The molecule has 6 atom stereocenters. The van der Waals surface area contributed by atoms with Crippen molar-refractivity contribution in [1.82, 2.24) is 10.6 Å². The highest BCUT2D eigenvalue weighted by Crippen LogP contribution is 2.33. The van der Waals surface area contributed by atoms with Crippen LogP contribution in [0.3, 0.4) is 0 Å². The maximum atomic E-state index is 12.4. The summed E-state index contributed by atoms with van der Waals surface area (Å²) in [7, 11) is 0. The fraction of sp³-hybridized carbons (Fsp3) is 0.593. The number of unbranched alkanes of at least 4 members (excludes halogenated alkanes) is 3. The van der Waals surface area contributed by atoms with E-state index in [0.717, 1.165) is 19.3 Å². The predicted octanol–water partition coefficient (Wildman–Crippen LogP) is -0.947. The van der Waals surface area contributed by atoms with E-state index in [-0.39, 0.29) is 13.0 Å². The van der Waals surface area contributed by atoms with E-state index in [0.29, 0.717) is 17.5 Å². The Morgan fingerprint density at radius 2 is 1.87 bits per heavy atom. The minimum Gasteiger partial charge on any atom is -0.477 e. The minimum absolute atomic E-state index is 0.00354. The van der Waals surface area contributed by atoms with Gasteiger partial charge in [-0.1, -0.05) is 44.2 Å². The Morgan fingerprint density at radius 1 is 1.18 bits per heavy atom. The van der Waals surface area contributed by atoms with Gasteiger partial charge >= 0.3 is 5.97 Å². The van der Waals surface area contributed by atoms with Crippen molar-refractivity contribution in [3.8, 4) is 12.3 Å². The minimum atomic E-state index is -2.36. The average Bonchev–Trinajstić information content (AvgIpc) is 2.92. The summed E-state index contributed by atoms with van der Waals surface area (Å²) >= 11 is 0. The van der Waals surface area contributed by atoms with Crippen LogP contribution in [0.25, 0.3) is 0 Å². The molecular weight excluding hydrogens is 512 g/mol. The van der Waals surface area contributed by atoms with Crippen LogP contribution >= 0.6 is 0 Å². The molecule has 12 heteroatoms. The Labute approximate surface area is 227 Å². The summed E-state index contributed by atoms with van der Waals surface area (Å²) in [6, 6.07) is 5.32. The standard InChI is InChI=1S/C27H38N2O10/c1-3-5-6-7-12-38-27(26(36)37)14-19(31)23(29-22(34)16-30)25(39-27)24(35)20(32)15-28-21(33)13-18-10-8-17(4-2)9-11-18/h2,8-11,19-20,23-25,30-32,35H,3,5-7,12-16H2,1H3,(H,28,33)(H,29,34)(H,36,37)/t19-,20+,23+,24+,25+,27+/m0/s1. The van der Waals surface area contributed by atoms with Crippen molar-refractivity contribution in [3.63, 3.8) is 0 Å². The van der Waals surface area contributed by atoms with Gasteiger partial charge in [0, 0.05) is 18.5 Å². The van der Waals surface area contributed by atoms with Crippen LogP contribution in [0.4, 0.5) is 0 Å². The van der Waals surface area contributed by atoms with Crippen LogP contribution in [0, 0.1) is 12.3 Å². The van der Waals surface area contributed by atoms with Crippen molar-refractivity contribution in [2.45, 2.75) is 81.7 Å². The monoisotopic (exact) mass is 550 g/mol. The molecule has 0 saturated carbocycles. The lowest BCUT2D eigenvalue weighted by molar-refractivity contribution is -0.310. The molecule has 0 aromatic heterocycles. The number of benzene rings is 1. The molecule has 7 N–H and O–H groups in total. The molecule has 1 aliphatic rings. The Kier molecular flexibility index (Phi) is 12.8. The summed E-state index contributed by atoms with van der Waals surface area (Å²) in [6.45, 7) is 0.621. The van der Waals surface area contributed by atoms with Crippen LogP contribution in [0.5, 0.6) is 0 Å². The quantitative estimate of drug-likeness (QED) is 0.106. The molecule has 216 valence electrons. The summed E-state index contributed by atoms with van der Waals surface area (Å²) < 4.78 is 11.2. The Morgan fingerprint density at radius 3 is 2.46 bits per heavy atom. The normalized spacial score (nSPS) is 24.3. The molecule has 1 aromatic carbocycles. The van der Waals surface area contributed by atoms with E-state index in [4.69, 9.17) is 21.0 Å². The van der Waals surface area contributed by atoms with Crippen molar-refractivity contribution in [3.05, 3.63) is 35.4 Å². The van der Waals surface area contributed by atoms with E-state index in [9.17, 15) is 34.8 Å². The van der Waals surface area contributed by atoms with Gasteiger partial charge in [0.2, 0.25) is 11.8 Å². The largest absolute Gasteiger partial charge is 0.477 e. The molecule has 0 radical (unpaired) electrons. The molecule has 2 amide bonds. The molecule has 39 heavy (non-hydrogen) atoms. The first-order chi connectivity index (χ1) is 18.6. The number of amides is 2. The van der Waals surface area contributed by atoms with Gasteiger partial charge in [0.1, 0.15) is 18.8 Å². The first-order valence-electron chi connectivity index (χ1n) is 12.9. The highest BCUT2D eigenvalue weighted by molar-refractivity contribution is 5.79. The lowest BCUT2D eigenvalue weighted by atomic mass is 9.88. The highest BCUT2D eigenvalue weighted by atomic mass is 16.7. The summed E-state index contributed by atoms with van der Waals surface area (Å²) in [5, 5.41) is 56.1. The third-order valence-corrected chi connectivity index (χ3v) is 6.43. The molecule has 0 bridgehead atoms. The summed E-state index contributed by atoms with van der Waals surface area (Å²) in [5.41, 5.74) is 1.31. The lowest BCUT2D eigenvalue weighted by Gasteiger charge is -2.46. The van der Waals surface area contributed by atoms with E-state index < -0.39 is 73.6 Å². The van der Waals surface area contributed by atoms with Gasteiger partial charge < -0.3 is 45.6 Å². The second kappa shape index (κ2) is 15.5. The van der Waals surface area contributed by atoms with E-state index in [1.165, 1.54) is 0 Å². The topological polar surface area (TPSA) is 195 Å². The number of carboxylic acids is 1. The maximum Gasteiger partial charge on any atom is 0.364 e. The SMILES string of the molecule is C#Cc1ccc(CC(=O)NC[C@@H](O)[C@@H](O)[C@@H]2O[C@@](OCCCCCC)(C(=O)O)C[C@H](O)[C@H]2NC(=O)CO)cc1. The lowest BCUT2D eigenvalue weighted by Crippen LogP contribution is -2.68. The molecule has 1 heterocycles. The zero-order valence-electron chi connectivity index (χ0n) is 21.9. The number of nitrogens with one attached hydrogen (secondary N) is 2. The number of hydrogen-bond acceptors (Lipinski definition) is 9. The molecule has 1 aromatic rings. The Balaban J connectivity index is 2.13. The molecule has 12 nitrogen and oxygen atoms in total. The van der Waals surface area contributed by atoms with E-state index in [1.54, 1.807) is 24.3 Å². The number of ether oxygens (including phenoxy) is 2. The van der Waals surface area contributed by atoms with Crippen molar-refractivity contribution >= 4 is 17.8 Å². The number of aliphatic hydroxyl groups is 4. The third kappa shape index (κ3) is 9.28. The predicted molar refractivity (Wildman–Crippen MR) is 138 cm³/mol. The molecule has 0 spiro atoms. The van der Waals surface area contributed by atoms with Gasteiger partial charge in [-0.05, 0) is 24.1 Å². The van der Waals surface area contributed by atoms with Crippen molar-refractivity contribution in [2.24, 2.45) is 0 Å². The van der Waals surface area contributed by atoms with Gasteiger partial charge in [0.05, 0.1) is 31.3 Å². The molecule has 2 rings (SSSR count). The fourth-order valence-corrected chi connectivity index (χ4v) is 4.24. The number of terminal acetylenes is 1. The first-order valence-corrected chi connectivity index (χ1v) is 12.9. The second-order valence-corrected chi connectivity index (χ2v) is 9.45. The highest BCUT2D eigenvalue weighted by Gasteiger charge is 2.55. The molecule has 0 unspecified atom stereocenters. The smallest absolute Gasteiger partial charge is 0.364 e. The number of aliphatic carboxylic acids is 1. The van der Waals surface area contributed by atoms with Gasteiger partial charge in [0.25, 0.3) is 5.79 Å². The van der Waals surface area contributed by atoms with Crippen molar-refractivity contribution in [1.29, 1.82) is 0 Å². The summed E-state index contributed by atoms with van der Waals surface area (Å²) in [5.74, 6) is -2.83. The number of carbonyl (C=O) groups excluding carboxylic acids is 2. The van der Waals surface area contributed by atoms with Gasteiger partial charge in [-0.25, -0.2) is 4.79 Å². The third-order valence-electron chi connectivity index (χ3n) is 6.43. The van der Waals surface area contributed by atoms with Gasteiger partial charge in [-0.3, -0.25) is 9.59 Å². The summed E-state index contributed by atoms with van der Waals surface area (Å²) in [4.78, 5) is 36.4. The van der Waals surface area contributed by atoms with Crippen molar-refractivity contribution in [2.75, 3.05) is 19.8 Å². The van der Waals surface area contributed by atoms with Gasteiger partial charge in [-0.15, -0.1) is 6.42 Å². The zero-order chi connectivity index (χ0) is 29.0. The van der Waals surface area contributed by atoms with Crippen LogP contribution in [-0.2, 0) is 30.3 Å².